The fourth-order valence-corrected chi connectivity index (χ4v) is 8.36. The monoisotopic (exact) mass is 1170 g/mol. The number of nitrogens with one attached hydrogen (secondary N) is 2. The number of aromatic nitrogens is 3. The van der Waals surface area contributed by atoms with Gasteiger partial charge in [0, 0.05) is 105 Å². The van der Waals surface area contributed by atoms with E-state index < -0.39 is 23.0 Å². The van der Waals surface area contributed by atoms with Gasteiger partial charge in [-0.3, -0.25) is 24.0 Å². The Bertz CT molecular complexity index is 3040. The van der Waals surface area contributed by atoms with Crippen LogP contribution in [-0.2, 0) is 9.59 Å². The van der Waals surface area contributed by atoms with Crippen LogP contribution in [0.2, 0.25) is 20.2 Å². The molecular weight excluding hydrogens is 1120 g/mol. The first-order valence-electron chi connectivity index (χ1n) is 24.3. The standard InChI is InChI=1S/C19H19ClN4O2.C16H17ClN4O.C10H13ClN4O.C6H5BClO2.C3H3ClO/c1-2-17(25)24-11-9-23(10-12-24)16-8-7-15(19(21)26)18(22-16)13-3-5-14(20)6-4-13;17-12-3-1-11(2-4-12)15-13(16(18)22)5-6-14(20-15)21-9-7-19-8-10-21;11-9-7(10(12)16)1-2-8(14-9)15-5-3-13-4-6-15;8-5-1-3-6(4-2-5)10-7-9;1-2-3(4)5/h2-8H,1,9-12H2,(H2,21,26);1-6,19H,7-10H2,(H2,18,22);1-2,13H,3-6H2,(H2,12,16);1-4,9H;2H,1H2. The number of nitrogens with zero attached hydrogens (tertiary/aromatic N) is 7. The molecule has 9 N–H and O–H groups in total. The SMILES string of the molecule is C=CC(=O)Cl.C=CC(=O)N1CCN(c2ccc(C(N)=O)c(-c3ccc(Cl)cc3)n2)CC1.NC(=O)c1ccc(N2CCNCC2)nc1-c1ccc(Cl)cc1.NC(=O)c1ccc(N2CCNCC2)nc1Cl.O[B]Oc1ccc(Cl)cc1. The number of rotatable bonds is 12. The van der Waals surface area contributed by atoms with Crippen molar-refractivity contribution in [2.24, 2.45) is 17.2 Å². The molecule has 0 bridgehead atoms. The average molecular weight is 1170 g/mol. The molecule has 25 heteroatoms. The number of primary amides is 3. The number of benzene rings is 3. The van der Waals surface area contributed by atoms with E-state index in [2.05, 4.69) is 58.1 Å². The summed E-state index contributed by atoms with van der Waals surface area (Å²) in [6.45, 7) is 16.4. The van der Waals surface area contributed by atoms with E-state index in [0.29, 0.717) is 77.2 Å². The van der Waals surface area contributed by atoms with Gasteiger partial charge in [-0.25, -0.2) is 15.0 Å². The fraction of sp³-hybridized carbons (Fsp3) is 0.222. The zero-order valence-electron chi connectivity index (χ0n) is 42.7. The van der Waals surface area contributed by atoms with Crippen molar-refractivity contribution in [3.63, 3.8) is 0 Å². The van der Waals surface area contributed by atoms with Gasteiger partial charge in [0.25, 0.3) is 17.7 Å². The van der Waals surface area contributed by atoms with Crippen molar-refractivity contribution in [2.75, 3.05) is 93.2 Å². The first-order valence-corrected chi connectivity index (χ1v) is 26.2. The van der Waals surface area contributed by atoms with E-state index in [1.54, 1.807) is 83.8 Å². The van der Waals surface area contributed by atoms with Gasteiger partial charge in [0.05, 0.1) is 28.1 Å². The molecule has 6 aromatic rings. The van der Waals surface area contributed by atoms with Crippen molar-refractivity contribution in [1.29, 1.82) is 0 Å². The predicted octanol–water partition coefficient (Wildman–Crippen LogP) is 6.67. The number of pyridine rings is 3. The van der Waals surface area contributed by atoms with E-state index in [1.165, 1.54) is 6.08 Å². The van der Waals surface area contributed by atoms with Crippen LogP contribution in [-0.4, -0.2) is 140 Å². The molecule has 79 heavy (non-hydrogen) atoms. The Kier molecular flexibility index (Phi) is 25.3. The highest BCUT2D eigenvalue weighted by Gasteiger charge is 2.23. The summed E-state index contributed by atoms with van der Waals surface area (Å²) in [4.78, 5) is 77.3. The van der Waals surface area contributed by atoms with Crippen LogP contribution in [0.5, 0.6) is 5.75 Å². The lowest BCUT2D eigenvalue weighted by atomic mass is 10.1. The maximum atomic E-state index is 11.8. The number of carbonyl (C=O) groups excluding carboxylic acids is 5. The molecule has 4 amide bonds. The minimum Gasteiger partial charge on any atom is -0.537 e. The van der Waals surface area contributed by atoms with Gasteiger partial charge in [-0.1, -0.05) is 83.8 Å². The Labute approximate surface area is 483 Å². The van der Waals surface area contributed by atoms with Gasteiger partial charge in [0.15, 0.2) is 0 Å². The van der Waals surface area contributed by atoms with Crippen LogP contribution in [0.4, 0.5) is 17.5 Å². The van der Waals surface area contributed by atoms with Crippen LogP contribution in [0, 0.1) is 0 Å². The minimum atomic E-state index is -0.552. The molecule has 413 valence electrons. The van der Waals surface area contributed by atoms with E-state index >= 15 is 0 Å². The largest absolute Gasteiger partial charge is 0.569 e. The lowest BCUT2D eigenvalue weighted by molar-refractivity contribution is -0.126. The van der Waals surface area contributed by atoms with Crippen LogP contribution in [0.1, 0.15) is 31.1 Å². The van der Waals surface area contributed by atoms with Crippen LogP contribution in [0.3, 0.4) is 0 Å². The number of amides is 4. The molecule has 0 aliphatic carbocycles. The number of hydrogen-bond acceptors (Lipinski definition) is 15. The molecule has 3 aliphatic rings. The van der Waals surface area contributed by atoms with Crippen molar-refractivity contribution in [1.82, 2.24) is 30.5 Å². The molecule has 3 aromatic heterocycles. The van der Waals surface area contributed by atoms with Crippen LogP contribution >= 0.6 is 58.0 Å². The van der Waals surface area contributed by atoms with Gasteiger partial charge in [-0.05, 0) is 109 Å². The third-order valence-corrected chi connectivity index (χ3v) is 13.0. The topological polar surface area (TPSA) is 269 Å². The normalized spacial score (nSPS) is 13.6. The van der Waals surface area contributed by atoms with Gasteiger partial charge < -0.3 is 57.1 Å². The second-order valence-electron chi connectivity index (χ2n) is 16.9. The third kappa shape index (κ3) is 19.6. The zero-order valence-corrected chi connectivity index (χ0v) is 46.5. The summed E-state index contributed by atoms with van der Waals surface area (Å²) in [6, 6.07) is 31.5. The lowest BCUT2D eigenvalue weighted by Crippen LogP contribution is -2.48. The molecule has 0 spiro atoms. The molecular formula is C54H57BCl5N12O7. The van der Waals surface area contributed by atoms with E-state index in [0.717, 1.165) is 87.0 Å². The van der Waals surface area contributed by atoms with Gasteiger partial charge in [0.2, 0.25) is 11.1 Å². The molecule has 9 rings (SSSR count). The first kappa shape index (κ1) is 62.6. The summed E-state index contributed by atoms with van der Waals surface area (Å²) in [5.41, 5.74) is 19.9. The molecule has 19 nitrogen and oxygen atoms in total. The summed E-state index contributed by atoms with van der Waals surface area (Å²) in [5, 5.41) is 16.3. The second-order valence-corrected chi connectivity index (χ2v) is 19.0. The number of allylic oxidation sites excluding steroid dienone is 1. The van der Waals surface area contributed by atoms with E-state index in [4.69, 9.17) is 80.2 Å². The third-order valence-electron chi connectivity index (χ3n) is 11.8. The van der Waals surface area contributed by atoms with Crippen molar-refractivity contribution >= 4 is 112 Å². The van der Waals surface area contributed by atoms with Crippen LogP contribution in [0.25, 0.3) is 22.5 Å². The van der Waals surface area contributed by atoms with Gasteiger partial charge in [-0.2, -0.15) is 0 Å². The lowest BCUT2D eigenvalue weighted by Gasteiger charge is -2.35. The highest BCUT2D eigenvalue weighted by atomic mass is 35.5. The van der Waals surface area contributed by atoms with Crippen molar-refractivity contribution in [3.8, 4) is 28.3 Å². The number of nitrogens with two attached hydrogens (primary N) is 3. The van der Waals surface area contributed by atoms with E-state index in [1.807, 2.05) is 30.3 Å². The second kappa shape index (κ2) is 32.0. The Hall–Kier alpha value is -7.27. The number of hydrogen-bond donors (Lipinski definition) is 6. The Balaban J connectivity index is 0.000000196. The summed E-state index contributed by atoms with van der Waals surface area (Å²) < 4.78 is 4.63. The molecule has 3 aliphatic heterocycles. The van der Waals surface area contributed by atoms with Gasteiger partial charge in [-0.15, -0.1) is 0 Å². The van der Waals surface area contributed by atoms with Crippen molar-refractivity contribution in [3.05, 3.63) is 171 Å². The van der Waals surface area contributed by atoms with Gasteiger partial charge >= 0.3 is 7.69 Å². The smallest absolute Gasteiger partial charge is 0.537 e. The summed E-state index contributed by atoms with van der Waals surface area (Å²) >= 11 is 28.1. The predicted molar refractivity (Wildman–Crippen MR) is 314 cm³/mol. The number of carbonyl (C=O) groups is 5. The highest BCUT2D eigenvalue weighted by molar-refractivity contribution is 6.66. The molecule has 6 heterocycles. The Morgan fingerprint density at radius 1 is 0.519 bits per heavy atom. The van der Waals surface area contributed by atoms with Crippen LogP contribution < -0.4 is 47.2 Å². The molecule has 0 saturated carbocycles. The van der Waals surface area contributed by atoms with Crippen LogP contribution in [0.15, 0.2) is 135 Å². The zero-order chi connectivity index (χ0) is 57.4. The number of piperazine rings is 3. The summed E-state index contributed by atoms with van der Waals surface area (Å²) in [5.74, 6) is 1.32. The van der Waals surface area contributed by atoms with Crippen molar-refractivity contribution < 1.29 is 33.7 Å². The summed E-state index contributed by atoms with van der Waals surface area (Å²) in [7, 11) is 0.628. The van der Waals surface area contributed by atoms with E-state index in [-0.39, 0.29) is 16.6 Å². The minimum absolute atomic E-state index is 0.0662. The fourth-order valence-electron chi connectivity index (χ4n) is 7.73. The van der Waals surface area contributed by atoms with Gasteiger partial charge in [0.1, 0.15) is 28.4 Å². The molecule has 1 radical (unpaired) electrons. The Morgan fingerprint density at radius 2 is 0.873 bits per heavy atom. The maximum absolute atomic E-state index is 11.8. The Morgan fingerprint density at radius 3 is 1.22 bits per heavy atom. The summed E-state index contributed by atoms with van der Waals surface area (Å²) in [6.07, 6.45) is 2.37. The first-order chi connectivity index (χ1) is 37.9. The molecule has 3 fully saturated rings. The average Bonchev–Trinajstić information content (AvgIpc) is 3.47. The number of anilines is 3. The number of halogens is 5. The molecule has 0 unspecified atom stereocenters. The van der Waals surface area contributed by atoms with Crippen molar-refractivity contribution in [2.45, 2.75) is 0 Å². The molecule has 3 aromatic carbocycles. The molecule has 0 atom stereocenters. The van der Waals surface area contributed by atoms with E-state index in [9.17, 15) is 24.0 Å². The quantitative estimate of drug-likeness (QED) is 0.0323. The maximum Gasteiger partial charge on any atom is 0.569 e. The molecule has 3 saturated heterocycles. The highest BCUT2D eigenvalue weighted by Crippen LogP contribution is 2.29.